The van der Waals surface area contributed by atoms with Gasteiger partial charge in [-0.05, 0) is 51.7 Å². The van der Waals surface area contributed by atoms with Crippen LogP contribution in [0.2, 0.25) is 0 Å². The molecule has 0 spiro atoms. The number of rotatable bonds is 4. The molecular weight excluding hydrogens is 378 g/mol. The Kier molecular flexibility index (Phi) is 4.92. The molecule has 1 atom stereocenters. The first-order valence-corrected chi connectivity index (χ1v) is 9.11. The van der Waals surface area contributed by atoms with Gasteiger partial charge in [0.1, 0.15) is 13.2 Å². The molecule has 0 aliphatic carbocycles. The summed E-state index contributed by atoms with van der Waals surface area (Å²) in [6, 6.07) is 9.48. The van der Waals surface area contributed by atoms with Crippen LogP contribution >= 0.6 is 27.3 Å². The van der Waals surface area contributed by atoms with Crippen LogP contribution in [0.4, 0.5) is 0 Å². The molecule has 0 saturated heterocycles. The number of amides is 1. The van der Waals surface area contributed by atoms with Crippen molar-refractivity contribution < 1.29 is 14.3 Å². The van der Waals surface area contributed by atoms with Crippen molar-refractivity contribution in [3.63, 3.8) is 0 Å². The number of hydrogen-bond acceptors (Lipinski definition) is 4. The zero-order valence-electron chi connectivity index (χ0n) is 13.0. The number of ether oxygens (including phenoxy) is 2. The first kappa shape index (κ1) is 16.3. The van der Waals surface area contributed by atoms with Crippen molar-refractivity contribution in [2.45, 2.75) is 19.9 Å². The van der Waals surface area contributed by atoms with Gasteiger partial charge in [0, 0.05) is 0 Å². The van der Waals surface area contributed by atoms with Gasteiger partial charge in [0.15, 0.2) is 11.5 Å². The summed E-state index contributed by atoms with van der Waals surface area (Å²) in [5.41, 5.74) is 1.02. The van der Waals surface area contributed by atoms with Gasteiger partial charge in [0.2, 0.25) is 0 Å². The molecule has 1 N–H and O–H groups in total. The molecule has 6 heteroatoms. The summed E-state index contributed by atoms with van der Waals surface area (Å²) in [4.78, 5) is 13.2. The van der Waals surface area contributed by atoms with Gasteiger partial charge in [-0.1, -0.05) is 19.9 Å². The number of nitrogens with one attached hydrogen (secondary N) is 1. The Morgan fingerprint density at radius 1 is 1.17 bits per heavy atom. The lowest BCUT2D eigenvalue weighted by Gasteiger charge is -2.25. The quantitative estimate of drug-likeness (QED) is 0.833. The number of halogens is 1. The molecule has 1 aliphatic rings. The maximum atomic E-state index is 12.5. The first-order valence-electron chi connectivity index (χ1n) is 7.50. The maximum Gasteiger partial charge on any atom is 0.261 e. The van der Waals surface area contributed by atoms with Crippen molar-refractivity contribution in [1.82, 2.24) is 5.32 Å². The highest BCUT2D eigenvalue weighted by atomic mass is 79.9. The number of benzene rings is 1. The van der Waals surface area contributed by atoms with Crippen LogP contribution < -0.4 is 14.8 Å². The molecule has 2 aromatic rings. The third-order valence-electron chi connectivity index (χ3n) is 3.68. The van der Waals surface area contributed by atoms with Crippen LogP contribution in [0.1, 0.15) is 35.1 Å². The van der Waals surface area contributed by atoms with Gasteiger partial charge in [-0.15, -0.1) is 11.3 Å². The van der Waals surface area contributed by atoms with Gasteiger partial charge in [0.25, 0.3) is 5.91 Å². The minimum absolute atomic E-state index is 0.0608. The zero-order chi connectivity index (χ0) is 16.4. The molecule has 1 amide bonds. The van der Waals surface area contributed by atoms with Crippen LogP contribution in [0.15, 0.2) is 34.1 Å². The molecule has 23 heavy (non-hydrogen) atoms. The van der Waals surface area contributed by atoms with Gasteiger partial charge in [-0.3, -0.25) is 4.79 Å². The molecule has 0 bridgehead atoms. The van der Waals surface area contributed by atoms with Crippen molar-refractivity contribution in [1.29, 1.82) is 0 Å². The van der Waals surface area contributed by atoms with Crippen LogP contribution in [0.3, 0.4) is 0 Å². The molecule has 0 fully saturated rings. The zero-order valence-corrected chi connectivity index (χ0v) is 15.4. The van der Waals surface area contributed by atoms with E-state index in [9.17, 15) is 4.79 Å². The van der Waals surface area contributed by atoms with E-state index in [1.54, 1.807) is 0 Å². The fourth-order valence-corrected chi connectivity index (χ4v) is 3.83. The van der Waals surface area contributed by atoms with Crippen LogP contribution in [-0.4, -0.2) is 19.1 Å². The van der Waals surface area contributed by atoms with E-state index in [4.69, 9.17) is 9.47 Å². The van der Waals surface area contributed by atoms with E-state index in [1.165, 1.54) is 11.3 Å². The lowest BCUT2D eigenvalue weighted by Crippen LogP contribution is -2.31. The topological polar surface area (TPSA) is 47.6 Å². The summed E-state index contributed by atoms with van der Waals surface area (Å²) >= 11 is 4.82. The molecule has 122 valence electrons. The second-order valence-electron chi connectivity index (χ2n) is 5.70. The lowest BCUT2D eigenvalue weighted by atomic mass is 9.95. The van der Waals surface area contributed by atoms with Gasteiger partial charge in [0.05, 0.1) is 14.7 Å². The lowest BCUT2D eigenvalue weighted by molar-refractivity contribution is 0.0929. The van der Waals surface area contributed by atoms with E-state index in [1.807, 2.05) is 30.3 Å². The highest BCUT2D eigenvalue weighted by molar-refractivity contribution is 9.11. The van der Waals surface area contributed by atoms with E-state index in [2.05, 4.69) is 35.1 Å². The Labute approximate surface area is 147 Å². The second-order valence-corrected chi connectivity index (χ2v) is 8.17. The average Bonchev–Trinajstić information content (AvgIpc) is 2.98. The summed E-state index contributed by atoms with van der Waals surface area (Å²) < 4.78 is 12.1. The largest absolute Gasteiger partial charge is 0.486 e. The predicted octanol–water partition coefficient (Wildman–Crippen LogP) is 4.41. The third-order valence-corrected chi connectivity index (χ3v) is 5.30. The Morgan fingerprint density at radius 3 is 2.57 bits per heavy atom. The molecule has 1 aromatic heterocycles. The summed E-state index contributed by atoms with van der Waals surface area (Å²) in [6.45, 7) is 5.31. The Hall–Kier alpha value is -1.53. The molecule has 1 aliphatic heterocycles. The number of thiophene rings is 1. The molecule has 1 aromatic carbocycles. The predicted molar refractivity (Wildman–Crippen MR) is 94.5 cm³/mol. The standard InChI is InChI=1S/C17H18BrNO3S/c1-10(2)16(19-17(20)14-5-6-15(18)23-14)11-3-4-12-13(9-11)22-8-7-21-12/h3-6,9-10,16H,7-8H2,1-2H3,(H,19,20)/t16-/m1/s1. The van der Waals surface area contributed by atoms with Gasteiger partial charge < -0.3 is 14.8 Å². The van der Waals surface area contributed by atoms with Crippen LogP contribution in [0.5, 0.6) is 11.5 Å². The SMILES string of the molecule is CC(C)[C@@H](NC(=O)c1ccc(Br)s1)c1ccc2c(c1)OCCO2. The summed E-state index contributed by atoms with van der Waals surface area (Å²) in [5.74, 6) is 1.70. The molecule has 0 radical (unpaired) electrons. The van der Waals surface area contributed by atoms with Gasteiger partial charge in [-0.2, -0.15) is 0 Å². The van der Waals surface area contributed by atoms with Gasteiger partial charge in [-0.25, -0.2) is 0 Å². The minimum atomic E-state index is -0.0841. The highest BCUT2D eigenvalue weighted by Gasteiger charge is 2.22. The van der Waals surface area contributed by atoms with E-state index in [-0.39, 0.29) is 17.9 Å². The number of carbonyl (C=O) groups is 1. The van der Waals surface area contributed by atoms with Crippen molar-refractivity contribution in [2.24, 2.45) is 5.92 Å². The molecule has 0 saturated carbocycles. The molecule has 3 rings (SSSR count). The molecule has 0 unspecified atom stereocenters. The van der Waals surface area contributed by atoms with Crippen LogP contribution in [-0.2, 0) is 0 Å². The normalized spacial score (nSPS) is 14.6. The Bertz CT molecular complexity index is 714. The number of carbonyl (C=O) groups excluding carboxylic acids is 1. The average molecular weight is 396 g/mol. The van der Waals surface area contributed by atoms with Crippen molar-refractivity contribution >= 4 is 33.2 Å². The van der Waals surface area contributed by atoms with Crippen molar-refractivity contribution in [2.75, 3.05) is 13.2 Å². The third kappa shape index (κ3) is 3.70. The van der Waals surface area contributed by atoms with E-state index in [0.29, 0.717) is 18.1 Å². The van der Waals surface area contributed by atoms with E-state index in [0.717, 1.165) is 20.8 Å². The molecule has 2 heterocycles. The maximum absolute atomic E-state index is 12.5. The fourth-order valence-electron chi connectivity index (χ4n) is 2.54. The van der Waals surface area contributed by atoms with E-state index >= 15 is 0 Å². The second kappa shape index (κ2) is 6.93. The highest BCUT2D eigenvalue weighted by Crippen LogP contribution is 2.34. The Balaban J connectivity index is 1.82. The van der Waals surface area contributed by atoms with Crippen LogP contribution in [0.25, 0.3) is 0 Å². The fraction of sp³-hybridized carbons (Fsp3) is 0.353. The van der Waals surface area contributed by atoms with Crippen molar-refractivity contribution in [3.8, 4) is 11.5 Å². The number of fused-ring (bicyclic) bond motifs is 1. The van der Waals surface area contributed by atoms with Crippen molar-refractivity contribution in [3.05, 3.63) is 44.6 Å². The molecule has 4 nitrogen and oxygen atoms in total. The smallest absolute Gasteiger partial charge is 0.261 e. The number of hydrogen-bond donors (Lipinski definition) is 1. The minimum Gasteiger partial charge on any atom is -0.486 e. The molecular formula is C17H18BrNO3S. The summed E-state index contributed by atoms with van der Waals surface area (Å²) in [6.07, 6.45) is 0. The monoisotopic (exact) mass is 395 g/mol. The van der Waals surface area contributed by atoms with Gasteiger partial charge >= 0.3 is 0 Å². The van der Waals surface area contributed by atoms with Crippen LogP contribution in [0, 0.1) is 5.92 Å². The Morgan fingerprint density at radius 2 is 1.91 bits per heavy atom. The van der Waals surface area contributed by atoms with E-state index < -0.39 is 0 Å². The summed E-state index contributed by atoms with van der Waals surface area (Å²) in [7, 11) is 0. The summed E-state index contributed by atoms with van der Waals surface area (Å²) in [5, 5.41) is 3.12. The first-order chi connectivity index (χ1) is 11.0.